The fraction of sp³-hybridized carbons (Fsp3) is 0.259. The first-order valence-electron chi connectivity index (χ1n) is 11.7. The predicted octanol–water partition coefficient (Wildman–Crippen LogP) is 4.21. The molecule has 2 aromatic heterocycles. The van der Waals surface area contributed by atoms with Crippen molar-refractivity contribution in [3.8, 4) is 11.6 Å². The average Bonchev–Trinajstić information content (AvgIpc) is 3.64. The molecule has 0 bridgehead atoms. The Morgan fingerprint density at radius 2 is 1.89 bits per heavy atom. The maximum Gasteiger partial charge on any atom is 0.254 e. The number of amides is 2. The number of carbonyl (C=O) groups excluding carboxylic acids is 2. The maximum absolute atomic E-state index is 12.9. The van der Waals surface area contributed by atoms with Gasteiger partial charge in [0.05, 0.1) is 6.26 Å². The van der Waals surface area contributed by atoms with E-state index >= 15 is 0 Å². The number of nitrogens with zero attached hydrogens (tertiary/aromatic N) is 3. The van der Waals surface area contributed by atoms with Crippen molar-refractivity contribution in [2.75, 3.05) is 13.1 Å². The second-order valence-corrected chi connectivity index (χ2v) is 8.60. The smallest absolute Gasteiger partial charge is 0.254 e. The molecule has 0 saturated heterocycles. The van der Waals surface area contributed by atoms with Crippen molar-refractivity contribution in [1.29, 1.82) is 0 Å². The summed E-state index contributed by atoms with van der Waals surface area (Å²) >= 11 is 0. The molecule has 0 spiro atoms. The molecular formula is C27H26N4O4. The number of rotatable bonds is 10. The molecule has 8 heteroatoms. The lowest BCUT2D eigenvalue weighted by Gasteiger charge is -2.24. The van der Waals surface area contributed by atoms with E-state index in [0.29, 0.717) is 56.4 Å². The quantitative estimate of drug-likeness (QED) is 0.373. The molecule has 1 N–H and O–H groups in total. The fourth-order valence-electron chi connectivity index (χ4n) is 4.33. The first-order chi connectivity index (χ1) is 17.2. The molecule has 35 heavy (non-hydrogen) atoms. The van der Waals surface area contributed by atoms with Gasteiger partial charge in [-0.3, -0.25) is 9.59 Å². The molecule has 1 aliphatic heterocycles. The molecule has 2 aromatic carbocycles. The molecule has 0 unspecified atom stereocenters. The standard InChI is InChI=1S/C27H26N4O4/c32-24(13-6-14-25-29-26(30-35-25)23-12-7-15-34-23)28-16-21(19-8-2-1-3-9-19)18-31-17-20-10-4-5-11-22(20)27(31)33/h1-5,7-12,15,21H,6,13-14,16-18H2,(H,28,32)/t21-/m0/s1. The van der Waals surface area contributed by atoms with Gasteiger partial charge < -0.3 is 19.2 Å². The highest BCUT2D eigenvalue weighted by Crippen LogP contribution is 2.26. The second-order valence-electron chi connectivity index (χ2n) is 8.60. The molecule has 4 aromatic rings. The number of carbonyl (C=O) groups is 2. The van der Waals surface area contributed by atoms with Gasteiger partial charge in [0.15, 0.2) is 5.76 Å². The Morgan fingerprint density at radius 1 is 1.06 bits per heavy atom. The van der Waals surface area contributed by atoms with E-state index in [-0.39, 0.29) is 17.7 Å². The van der Waals surface area contributed by atoms with Crippen LogP contribution in [0.3, 0.4) is 0 Å². The van der Waals surface area contributed by atoms with E-state index in [1.165, 1.54) is 0 Å². The van der Waals surface area contributed by atoms with Crippen LogP contribution >= 0.6 is 0 Å². The van der Waals surface area contributed by atoms with Crippen LogP contribution in [0.4, 0.5) is 0 Å². The van der Waals surface area contributed by atoms with Gasteiger partial charge in [-0.25, -0.2) is 0 Å². The number of aromatic nitrogens is 2. The van der Waals surface area contributed by atoms with Gasteiger partial charge in [0, 0.05) is 44.0 Å². The van der Waals surface area contributed by atoms with E-state index in [1.54, 1.807) is 18.4 Å². The Hall–Kier alpha value is -4.20. The topological polar surface area (TPSA) is 101 Å². The van der Waals surface area contributed by atoms with Crippen molar-refractivity contribution in [2.45, 2.75) is 31.7 Å². The Labute approximate surface area is 202 Å². The van der Waals surface area contributed by atoms with Crippen LogP contribution in [0.2, 0.25) is 0 Å². The van der Waals surface area contributed by atoms with Crippen molar-refractivity contribution in [2.24, 2.45) is 0 Å². The zero-order valence-electron chi connectivity index (χ0n) is 19.2. The van der Waals surface area contributed by atoms with Gasteiger partial charge in [-0.2, -0.15) is 4.98 Å². The third-order valence-electron chi connectivity index (χ3n) is 6.16. The van der Waals surface area contributed by atoms with Crippen molar-refractivity contribution in [3.05, 3.63) is 95.6 Å². The van der Waals surface area contributed by atoms with Crippen LogP contribution in [-0.2, 0) is 17.8 Å². The van der Waals surface area contributed by atoms with Crippen molar-refractivity contribution in [3.63, 3.8) is 0 Å². The lowest BCUT2D eigenvalue weighted by atomic mass is 9.98. The van der Waals surface area contributed by atoms with Crippen molar-refractivity contribution in [1.82, 2.24) is 20.4 Å². The highest BCUT2D eigenvalue weighted by atomic mass is 16.5. The summed E-state index contributed by atoms with van der Waals surface area (Å²) < 4.78 is 10.5. The van der Waals surface area contributed by atoms with E-state index in [9.17, 15) is 9.59 Å². The summed E-state index contributed by atoms with van der Waals surface area (Å²) in [6.07, 6.45) is 2.98. The summed E-state index contributed by atoms with van der Waals surface area (Å²) in [6, 6.07) is 21.2. The Kier molecular flexibility index (Phi) is 6.70. The molecule has 8 nitrogen and oxygen atoms in total. The number of benzene rings is 2. The van der Waals surface area contributed by atoms with E-state index in [2.05, 4.69) is 15.5 Å². The fourth-order valence-corrected chi connectivity index (χ4v) is 4.33. The average molecular weight is 471 g/mol. The largest absolute Gasteiger partial charge is 0.461 e. The first-order valence-corrected chi connectivity index (χ1v) is 11.7. The zero-order valence-corrected chi connectivity index (χ0v) is 19.2. The SMILES string of the molecule is O=C(CCCc1nc(-c2ccco2)no1)NC[C@@H](CN1Cc2ccccc2C1=O)c1ccccc1. The molecule has 0 fully saturated rings. The molecule has 178 valence electrons. The minimum absolute atomic E-state index is 0.00907. The number of furan rings is 1. The zero-order chi connectivity index (χ0) is 24.0. The van der Waals surface area contributed by atoms with Crippen molar-refractivity contribution < 1.29 is 18.5 Å². The molecule has 2 amide bonds. The minimum Gasteiger partial charge on any atom is -0.461 e. The van der Waals surface area contributed by atoms with Crippen molar-refractivity contribution >= 4 is 11.8 Å². The summed E-state index contributed by atoms with van der Waals surface area (Å²) in [4.78, 5) is 31.6. The normalized spacial score (nSPS) is 13.6. The highest BCUT2D eigenvalue weighted by molar-refractivity contribution is 5.98. The molecule has 0 saturated carbocycles. The highest BCUT2D eigenvalue weighted by Gasteiger charge is 2.29. The van der Waals surface area contributed by atoms with Crippen LogP contribution in [0, 0.1) is 0 Å². The molecule has 1 atom stereocenters. The first kappa shape index (κ1) is 22.6. The van der Waals surface area contributed by atoms with Gasteiger partial charge in [-0.15, -0.1) is 0 Å². The van der Waals surface area contributed by atoms with Crippen LogP contribution in [0.15, 0.2) is 81.9 Å². The second kappa shape index (κ2) is 10.4. The molecule has 0 aliphatic carbocycles. The van der Waals surface area contributed by atoms with Crippen LogP contribution in [0.5, 0.6) is 0 Å². The van der Waals surface area contributed by atoms with E-state index < -0.39 is 0 Å². The number of hydrogen-bond donors (Lipinski definition) is 1. The van der Waals surface area contributed by atoms with Gasteiger partial charge in [-0.05, 0) is 35.7 Å². The van der Waals surface area contributed by atoms with Gasteiger partial charge in [0.2, 0.25) is 17.6 Å². The molecule has 5 rings (SSSR count). The van der Waals surface area contributed by atoms with E-state index in [0.717, 1.165) is 16.7 Å². The van der Waals surface area contributed by atoms with E-state index in [1.807, 2.05) is 59.5 Å². The molecule has 0 radical (unpaired) electrons. The lowest BCUT2D eigenvalue weighted by Crippen LogP contribution is -2.35. The number of aryl methyl sites for hydroxylation is 1. The van der Waals surface area contributed by atoms with Gasteiger partial charge in [0.1, 0.15) is 0 Å². The summed E-state index contributed by atoms with van der Waals surface area (Å²) in [5.41, 5.74) is 2.90. The third-order valence-corrected chi connectivity index (χ3v) is 6.16. The molecule has 3 heterocycles. The molecular weight excluding hydrogens is 444 g/mol. The van der Waals surface area contributed by atoms with Crippen LogP contribution in [0.1, 0.15) is 46.1 Å². The maximum atomic E-state index is 12.9. The van der Waals surface area contributed by atoms with Gasteiger partial charge >= 0.3 is 0 Å². The minimum atomic E-state index is -0.0484. The lowest BCUT2D eigenvalue weighted by molar-refractivity contribution is -0.121. The number of fused-ring (bicyclic) bond motifs is 1. The summed E-state index contributed by atoms with van der Waals surface area (Å²) in [6.45, 7) is 1.58. The van der Waals surface area contributed by atoms with Crippen LogP contribution in [0.25, 0.3) is 11.6 Å². The van der Waals surface area contributed by atoms with E-state index in [4.69, 9.17) is 8.94 Å². The summed E-state index contributed by atoms with van der Waals surface area (Å²) in [5, 5.41) is 6.95. The predicted molar refractivity (Wildman–Crippen MR) is 128 cm³/mol. The Morgan fingerprint density at radius 3 is 2.69 bits per heavy atom. The molecule has 1 aliphatic rings. The van der Waals surface area contributed by atoms with Gasteiger partial charge in [0.25, 0.3) is 5.91 Å². The summed E-state index contributed by atoms with van der Waals surface area (Å²) in [7, 11) is 0. The summed E-state index contributed by atoms with van der Waals surface area (Å²) in [5.74, 6) is 1.40. The van der Waals surface area contributed by atoms with Gasteiger partial charge in [-0.1, -0.05) is 53.7 Å². The Balaban J connectivity index is 1.14. The van der Waals surface area contributed by atoms with Crippen LogP contribution in [-0.4, -0.2) is 39.9 Å². The Bertz CT molecular complexity index is 1280. The number of hydrogen-bond acceptors (Lipinski definition) is 6. The van der Waals surface area contributed by atoms with Crippen LogP contribution < -0.4 is 5.32 Å². The number of nitrogens with one attached hydrogen (secondary N) is 1. The monoisotopic (exact) mass is 470 g/mol. The third kappa shape index (κ3) is 5.32.